The second-order valence-corrected chi connectivity index (χ2v) is 11.5. The SMILES string of the molecule is O=S(=O)(Cc1ccccc1)NCc1cccc(CNc2cc(-c3ccccc3Cl)nc3c(Br)cnn23)c1. The summed E-state index contributed by atoms with van der Waals surface area (Å²) < 4.78 is 30.2. The minimum absolute atomic E-state index is 0.0552. The van der Waals surface area contributed by atoms with Crippen LogP contribution in [-0.4, -0.2) is 23.0 Å². The summed E-state index contributed by atoms with van der Waals surface area (Å²) in [5.74, 6) is 0.694. The van der Waals surface area contributed by atoms with Gasteiger partial charge in [0.25, 0.3) is 0 Å². The highest BCUT2D eigenvalue weighted by Gasteiger charge is 2.14. The van der Waals surface area contributed by atoms with Gasteiger partial charge < -0.3 is 5.32 Å². The Hall–Kier alpha value is -3.24. The Morgan fingerprint density at radius 3 is 2.35 bits per heavy atom. The Kier molecular flexibility index (Phi) is 7.57. The van der Waals surface area contributed by atoms with Gasteiger partial charge in [0.15, 0.2) is 5.65 Å². The van der Waals surface area contributed by atoms with Crippen LogP contribution in [0.3, 0.4) is 0 Å². The number of rotatable bonds is 9. The number of halogens is 2. The van der Waals surface area contributed by atoms with Gasteiger partial charge in [-0.3, -0.25) is 0 Å². The van der Waals surface area contributed by atoms with Gasteiger partial charge in [-0.25, -0.2) is 18.1 Å². The van der Waals surface area contributed by atoms with Crippen LogP contribution in [0.1, 0.15) is 16.7 Å². The molecule has 2 N–H and O–H groups in total. The third-order valence-corrected chi connectivity index (χ3v) is 7.93. The molecular formula is C27H23BrClN5O2S. The number of nitrogens with zero attached hydrogens (tertiary/aromatic N) is 3. The maximum atomic E-state index is 12.5. The maximum Gasteiger partial charge on any atom is 0.216 e. The number of benzene rings is 3. The minimum atomic E-state index is -3.46. The number of fused-ring (bicyclic) bond motifs is 1. The summed E-state index contributed by atoms with van der Waals surface area (Å²) in [6.45, 7) is 0.717. The zero-order chi connectivity index (χ0) is 25.8. The quantitative estimate of drug-likeness (QED) is 0.217. The lowest BCUT2D eigenvalue weighted by atomic mass is 10.1. The zero-order valence-corrected chi connectivity index (χ0v) is 22.8. The minimum Gasteiger partial charge on any atom is -0.366 e. The first-order chi connectivity index (χ1) is 17.9. The Bertz CT molecular complexity index is 1660. The molecule has 0 unspecified atom stereocenters. The van der Waals surface area contributed by atoms with Gasteiger partial charge >= 0.3 is 0 Å². The van der Waals surface area contributed by atoms with E-state index in [1.54, 1.807) is 22.8 Å². The largest absolute Gasteiger partial charge is 0.366 e. The number of aromatic nitrogens is 3. The van der Waals surface area contributed by atoms with Gasteiger partial charge in [0.2, 0.25) is 10.0 Å². The summed E-state index contributed by atoms with van der Waals surface area (Å²) in [7, 11) is -3.46. The van der Waals surface area contributed by atoms with E-state index in [-0.39, 0.29) is 12.3 Å². The Morgan fingerprint density at radius 2 is 1.57 bits per heavy atom. The fourth-order valence-electron chi connectivity index (χ4n) is 3.95. The highest BCUT2D eigenvalue weighted by Crippen LogP contribution is 2.30. The molecule has 2 aromatic heterocycles. The molecule has 3 aromatic carbocycles. The van der Waals surface area contributed by atoms with Crippen molar-refractivity contribution < 1.29 is 8.42 Å². The lowest BCUT2D eigenvalue weighted by molar-refractivity contribution is 0.580. The normalized spacial score (nSPS) is 11.6. The molecule has 0 aliphatic carbocycles. The van der Waals surface area contributed by atoms with Crippen LogP contribution in [0.2, 0.25) is 5.02 Å². The van der Waals surface area contributed by atoms with Crippen molar-refractivity contribution in [1.82, 2.24) is 19.3 Å². The Balaban J connectivity index is 1.32. The van der Waals surface area contributed by atoms with E-state index in [4.69, 9.17) is 16.6 Å². The number of hydrogen-bond donors (Lipinski definition) is 2. The van der Waals surface area contributed by atoms with E-state index >= 15 is 0 Å². The van der Waals surface area contributed by atoms with E-state index < -0.39 is 10.0 Å². The van der Waals surface area contributed by atoms with Crippen molar-refractivity contribution in [2.24, 2.45) is 0 Å². The summed E-state index contributed by atoms with van der Waals surface area (Å²) in [5.41, 5.74) is 4.83. The molecular weight excluding hydrogens is 574 g/mol. The van der Waals surface area contributed by atoms with Gasteiger partial charge in [-0.05, 0) is 38.7 Å². The van der Waals surface area contributed by atoms with Crippen LogP contribution >= 0.6 is 27.5 Å². The average Bonchev–Trinajstić information content (AvgIpc) is 3.28. The van der Waals surface area contributed by atoms with Gasteiger partial charge in [0.1, 0.15) is 5.82 Å². The van der Waals surface area contributed by atoms with Gasteiger partial charge in [-0.2, -0.15) is 9.61 Å². The molecule has 0 atom stereocenters. The molecule has 37 heavy (non-hydrogen) atoms. The van der Waals surface area contributed by atoms with Crippen molar-refractivity contribution in [3.8, 4) is 11.3 Å². The van der Waals surface area contributed by atoms with Crippen LogP contribution in [-0.2, 0) is 28.9 Å². The highest BCUT2D eigenvalue weighted by molar-refractivity contribution is 9.10. The number of hydrogen-bond acceptors (Lipinski definition) is 5. The molecule has 0 fully saturated rings. The lowest BCUT2D eigenvalue weighted by Crippen LogP contribution is -2.24. The molecule has 0 spiro atoms. The van der Waals surface area contributed by atoms with E-state index in [2.05, 4.69) is 31.1 Å². The highest BCUT2D eigenvalue weighted by atomic mass is 79.9. The molecule has 0 saturated carbocycles. The van der Waals surface area contributed by atoms with Crippen molar-refractivity contribution in [2.75, 3.05) is 5.32 Å². The van der Waals surface area contributed by atoms with Crippen LogP contribution in [0.15, 0.2) is 95.6 Å². The second-order valence-electron chi connectivity index (χ2n) is 8.47. The van der Waals surface area contributed by atoms with Crippen LogP contribution in [0.5, 0.6) is 0 Å². The predicted octanol–water partition coefficient (Wildman–Crippen LogP) is 6.04. The monoisotopic (exact) mass is 595 g/mol. The Labute approximate surface area is 228 Å². The summed E-state index contributed by atoms with van der Waals surface area (Å²) in [4.78, 5) is 4.74. The predicted molar refractivity (Wildman–Crippen MR) is 151 cm³/mol. The zero-order valence-electron chi connectivity index (χ0n) is 19.6. The summed E-state index contributed by atoms with van der Waals surface area (Å²) in [6.07, 6.45) is 1.70. The van der Waals surface area contributed by atoms with E-state index in [9.17, 15) is 8.42 Å². The number of sulfonamides is 1. The number of nitrogens with one attached hydrogen (secondary N) is 2. The summed E-state index contributed by atoms with van der Waals surface area (Å²) in [6, 6.07) is 26.4. The number of anilines is 1. The van der Waals surface area contributed by atoms with Gasteiger partial charge in [-0.1, -0.05) is 84.4 Å². The van der Waals surface area contributed by atoms with E-state index in [0.717, 1.165) is 38.2 Å². The van der Waals surface area contributed by atoms with Crippen molar-refractivity contribution in [3.63, 3.8) is 0 Å². The molecule has 2 heterocycles. The van der Waals surface area contributed by atoms with Crippen molar-refractivity contribution in [3.05, 3.63) is 117 Å². The maximum absolute atomic E-state index is 12.5. The molecule has 10 heteroatoms. The molecule has 5 rings (SSSR count). The molecule has 7 nitrogen and oxygen atoms in total. The molecule has 0 bridgehead atoms. The molecule has 0 saturated heterocycles. The van der Waals surface area contributed by atoms with E-state index in [1.165, 1.54) is 0 Å². The van der Waals surface area contributed by atoms with E-state index in [1.807, 2.05) is 72.8 Å². The summed E-state index contributed by atoms with van der Waals surface area (Å²) >= 11 is 9.95. The lowest BCUT2D eigenvalue weighted by Gasteiger charge is -2.13. The first kappa shape index (κ1) is 25.4. The van der Waals surface area contributed by atoms with Crippen LogP contribution in [0.25, 0.3) is 16.9 Å². The van der Waals surface area contributed by atoms with Crippen LogP contribution in [0.4, 0.5) is 5.82 Å². The Morgan fingerprint density at radius 1 is 0.865 bits per heavy atom. The topological polar surface area (TPSA) is 88.4 Å². The molecule has 5 aromatic rings. The van der Waals surface area contributed by atoms with Gasteiger partial charge in [-0.15, -0.1) is 0 Å². The third-order valence-electron chi connectivity index (χ3n) is 5.74. The first-order valence-corrected chi connectivity index (χ1v) is 14.3. The molecule has 0 radical (unpaired) electrons. The molecule has 0 amide bonds. The third kappa shape index (κ3) is 6.19. The average molecular weight is 597 g/mol. The molecule has 0 aliphatic rings. The van der Waals surface area contributed by atoms with E-state index in [0.29, 0.717) is 17.2 Å². The smallest absolute Gasteiger partial charge is 0.216 e. The van der Waals surface area contributed by atoms with Crippen molar-refractivity contribution in [1.29, 1.82) is 0 Å². The van der Waals surface area contributed by atoms with Crippen molar-refractivity contribution >= 4 is 49.0 Å². The first-order valence-electron chi connectivity index (χ1n) is 11.5. The molecule has 188 valence electrons. The standard InChI is InChI=1S/C27H23BrClN5O2S/c28-23-17-31-34-26(14-25(33-27(23)34)22-11-4-5-12-24(22)29)30-15-20-9-6-10-21(13-20)16-32-37(35,36)18-19-7-2-1-3-8-19/h1-14,17,30,32H,15-16,18H2. The van der Waals surface area contributed by atoms with Gasteiger partial charge in [0.05, 0.1) is 22.1 Å². The van der Waals surface area contributed by atoms with Crippen LogP contribution < -0.4 is 10.0 Å². The molecule has 0 aliphatic heterocycles. The van der Waals surface area contributed by atoms with Gasteiger partial charge in [0, 0.05) is 29.7 Å². The summed E-state index contributed by atoms with van der Waals surface area (Å²) in [5, 5.41) is 8.48. The second kappa shape index (κ2) is 11.0. The fourth-order valence-corrected chi connectivity index (χ4v) is 5.65. The van der Waals surface area contributed by atoms with Crippen LogP contribution in [0, 0.1) is 0 Å². The van der Waals surface area contributed by atoms with Crippen molar-refractivity contribution in [2.45, 2.75) is 18.8 Å². The fraction of sp³-hybridized carbons (Fsp3) is 0.111.